The zero-order valence-electron chi connectivity index (χ0n) is 30.4. The summed E-state index contributed by atoms with van der Waals surface area (Å²) in [6.45, 7) is 2.01. The van der Waals surface area contributed by atoms with Crippen LogP contribution in [0.4, 0.5) is 23.4 Å². The van der Waals surface area contributed by atoms with Crippen LogP contribution in [0.3, 0.4) is 0 Å². The lowest BCUT2D eigenvalue weighted by molar-refractivity contribution is -0.123. The van der Waals surface area contributed by atoms with Crippen molar-refractivity contribution in [3.63, 3.8) is 0 Å². The van der Waals surface area contributed by atoms with E-state index in [1.54, 1.807) is 12.1 Å². The number of benzene rings is 2. The van der Waals surface area contributed by atoms with Gasteiger partial charge in [-0.1, -0.05) is 35.7 Å². The van der Waals surface area contributed by atoms with Gasteiger partial charge in [0.25, 0.3) is 5.92 Å². The molecule has 19 heteroatoms. The van der Waals surface area contributed by atoms with Gasteiger partial charge < -0.3 is 15.5 Å². The van der Waals surface area contributed by atoms with Crippen molar-refractivity contribution in [3.8, 4) is 23.0 Å². The Morgan fingerprint density at radius 1 is 1.07 bits per heavy atom. The van der Waals surface area contributed by atoms with Crippen LogP contribution >= 0.6 is 11.6 Å². The van der Waals surface area contributed by atoms with Crippen LogP contribution in [0.1, 0.15) is 64.5 Å². The molecule has 13 nitrogen and oxygen atoms in total. The van der Waals surface area contributed by atoms with E-state index in [9.17, 15) is 37.0 Å². The summed E-state index contributed by atoms with van der Waals surface area (Å²) >= 11 is 6.59. The summed E-state index contributed by atoms with van der Waals surface area (Å²) in [4.78, 5) is 30.8. The van der Waals surface area contributed by atoms with Crippen molar-refractivity contribution in [2.75, 3.05) is 11.0 Å². The highest BCUT2D eigenvalue weighted by molar-refractivity contribution is 7.92. The van der Waals surface area contributed by atoms with E-state index in [1.807, 2.05) is 0 Å². The summed E-state index contributed by atoms with van der Waals surface area (Å²) in [5.74, 6) is -4.74. The number of carboxylic acid groups (broad SMARTS) is 1. The minimum Gasteiger partial charge on any atom is -0.476 e. The van der Waals surface area contributed by atoms with E-state index < -0.39 is 80.9 Å². The number of alkyl halides is 2. The predicted octanol–water partition coefficient (Wildman–Crippen LogP) is 5.43. The van der Waals surface area contributed by atoms with E-state index in [0.29, 0.717) is 21.8 Å². The maximum atomic E-state index is 15.6. The van der Waals surface area contributed by atoms with Crippen LogP contribution in [-0.4, -0.2) is 66.9 Å². The summed E-state index contributed by atoms with van der Waals surface area (Å²) in [5, 5.41) is 31.4. The number of nitrogens with zero attached hydrogens (tertiary/aromatic N) is 5. The van der Waals surface area contributed by atoms with Gasteiger partial charge in [-0.15, -0.1) is 0 Å². The fourth-order valence-electron chi connectivity index (χ4n) is 7.18. The van der Waals surface area contributed by atoms with E-state index in [1.165, 1.54) is 49.9 Å². The maximum Gasteiger partial charge on any atom is 0.356 e. The number of aliphatic hydroxyl groups is 1. The third-order valence-corrected chi connectivity index (χ3v) is 10.3. The molecule has 3 atom stereocenters. The first-order valence-corrected chi connectivity index (χ1v) is 19.4. The van der Waals surface area contributed by atoms with Gasteiger partial charge in [0, 0.05) is 35.7 Å². The molecule has 296 valence electrons. The van der Waals surface area contributed by atoms with Gasteiger partial charge in [-0.25, -0.2) is 27.0 Å². The van der Waals surface area contributed by atoms with Crippen molar-refractivity contribution in [3.05, 3.63) is 105 Å². The quantitative estimate of drug-likeness (QED) is 0.0811. The number of nitrogens with one attached hydrogen (secondary N) is 2. The largest absolute Gasteiger partial charge is 0.476 e. The number of halogens is 5. The SMILES string of the molecule is Cn1nc(NS(C)(=O)=O)c2c(Cl)ccc(-c3ccc(C#CC(C)(C)O)nc3[C@H](Cc3cc(F)cc(F)c3)NC(=O)Cn3nc(C(=O)O)c4c3C(F)(F)[C@@H]3C=C[C@H]43)c21. The van der Waals surface area contributed by atoms with E-state index in [2.05, 4.69) is 32.1 Å². The molecule has 0 fully saturated rings. The van der Waals surface area contributed by atoms with Gasteiger partial charge in [0.05, 0.1) is 39.8 Å². The Hall–Kier alpha value is -5.77. The van der Waals surface area contributed by atoms with Crippen molar-refractivity contribution in [1.29, 1.82) is 0 Å². The number of amides is 1. The monoisotopic (exact) mass is 825 g/mol. The number of aromatic carboxylic acids is 1. The van der Waals surface area contributed by atoms with Crippen LogP contribution in [0.2, 0.25) is 5.02 Å². The summed E-state index contributed by atoms with van der Waals surface area (Å²) in [5.41, 5.74) is -1.82. The van der Waals surface area contributed by atoms with Crippen LogP contribution in [0.15, 0.2) is 54.6 Å². The highest BCUT2D eigenvalue weighted by atomic mass is 35.5. The summed E-state index contributed by atoms with van der Waals surface area (Å²) in [7, 11) is -2.29. The van der Waals surface area contributed by atoms with Crippen LogP contribution in [0, 0.1) is 29.4 Å². The molecule has 4 N–H and O–H groups in total. The topological polar surface area (TPSA) is 181 Å². The van der Waals surface area contributed by atoms with E-state index in [0.717, 1.165) is 18.4 Å². The zero-order chi connectivity index (χ0) is 41.4. The Bertz CT molecular complexity index is 2710. The van der Waals surface area contributed by atoms with E-state index >= 15 is 8.78 Å². The molecule has 0 bridgehead atoms. The highest BCUT2D eigenvalue weighted by Crippen LogP contribution is 2.59. The van der Waals surface area contributed by atoms with Crippen molar-refractivity contribution in [2.45, 2.75) is 50.3 Å². The molecular formula is C38H32ClF4N7O6S. The molecular weight excluding hydrogens is 794 g/mol. The first kappa shape index (κ1) is 39.5. The van der Waals surface area contributed by atoms with Crippen LogP contribution in [-0.2, 0) is 40.8 Å². The average Bonchev–Trinajstić information content (AvgIpc) is 3.63. The van der Waals surface area contributed by atoms with Gasteiger partial charge in [0.1, 0.15) is 35.2 Å². The minimum absolute atomic E-state index is 0.0440. The van der Waals surface area contributed by atoms with Crippen molar-refractivity contribution < 1.29 is 45.8 Å². The molecule has 57 heavy (non-hydrogen) atoms. The van der Waals surface area contributed by atoms with Crippen LogP contribution in [0.25, 0.3) is 22.0 Å². The number of aryl methyl sites for hydroxylation is 1. The number of allylic oxidation sites excluding steroid dienone is 2. The molecule has 5 aromatic rings. The molecule has 0 radical (unpaired) electrons. The van der Waals surface area contributed by atoms with Gasteiger partial charge in [-0.3, -0.25) is 18.9 Å². The van der Waals surface area contributed by atoms with E-state index in [4.69, 9.17) is 16.6 Å². The molecule has 2 aromatic carbocycles. The number of sulfonamides is 1. The third-order valence-electron chi connectivity index (χ3n) is 9.42. The molecule has 0 spiro atoms. The molecule has 3 heterocycles. The maximum absolute atomic E-state index is 15.6. The van der Waals surface area contributed by atoms with Gasteiger partial charge in [0.2, 0.25) is 15.9 Å². The Morgan fingerprint density at radius 2 is 1.75 bits per heavy atom. The summed E-state index contributed by atoms with van der Waals surface area (Å²) in [6.07, 6.45) is 3.33. The van der Waals surface area contributed by atoms with Gasteiger partial charge >= 0.3 is 5.97 Å². The Labute approximate surface area is 327 Å². The van der Waals surface area contributed by atoms with Crippen molar-refractivity contribution >= 4 is 50.2 Å². The second kappa shape index (κ2) is 14.0. The van der Waals surface area contributed by atoms with Crippen LogP contribution in [0.5, 0.6) is 0 Å². The lowest BCUT2D eigenvalue weighted by Gasteiger charge is -2.27. The molecule has 1 amide bonds. The number of pyridine rings is 1. The number of rotatable bonds is 10. The predicted molar refractivity (Wildman–Crippen MR) is 200 cm³/mol. The number of anilines is 1. The summed E-state index contributed by atoms with van der Waals surface area (Å²) < 4.78 is 89.2. The first-order chi connectivity index (χ1) is 26.6. The number of hydrogen-bond donors (Lipinski definition) is 4. The van der Waals surface area contributed by atoms with Crippen molar-refractivity contribution in [2.24, 2.45) is 13.0 Å². The lowest BCUT2D eigenvalue weighted by atomic mass is 9.81. The number of carbonyl (C=O) groups excluding carboxylic acids is 1. The Balaban J connectivity index is 1.39. The molecule has 0 saturated heterocycles. The lowest BCUT2D eigenvalue weighted by Crippen LogP contribution is -2.36. The molecule has 7 rings (SSSR count). The standard InChI is InChI=1S/C38H32ClF4N7O6S/c1-37(2,54)12-11-21-5-6-22(23-8-10-26(39)30-33(23)49(3)47-35(30)48-57(4,55)56)31(44-21)27(15-18-13-19(40)16-20(41)14-18)45-28(51)17-50-34-29(32(46-50)36(52)53)24-7-9-25(24)38(34,42)43/h5-10,13-14,16,24-25,27,54H,15,17H2,1-4H3,(H,45,51)(H,47,48)(H,52,53)/t24-,25+,27-/m0/s1. The fourth-order valence-corrected chi connectivity index (χ4v) is 7.92. The average molecular weight is 826 g/mol. The molecule has 2 aliphatic rings. The van der Waals surface area contributed by atoms with E-state index in [-0.39, 0.29) is 50.7 Å². The highest BCUT2D eigenvalue weighted by Gasteiger charge is 2.60. The Kier molecular flexibility index (Phi) is 9.70. The molecule has 0 aliphatic heterocycles. The molecule has 3 aromatic heterocycles. The van der Waals surface area contributed by atoms with Gasteiger partial charge in [0.15, 0.2) is 11.5 Å². The van der Waals surface area contributed by atoms with Gasteiger partial charge in [-0.2, -0.15) is 19.0 Å². The number of carbonyl (C=O) groups is 2. The second-order valence-corrected chi connectivity index (χ2v) is 16.5. The first-order valence-electron chi connectivity index (χ1n) is 17.2. The number of fused-ring (bicyclic) bond motifs is 4. The molecule has 0 saturated carbocycles. The smallest absolute Gasteiger partial charge is 0.356 e. The van der Waals surface area contributed by atoms with Gasteiger partial charge in [-0.05, 0) is 62.1 Å². The fraction of sp³-hybridized carbons (Fsp3) is 0.289. The van der Waals surface area contributed by atoms with Crippen molar-refractivity contribution in [1.82, 2.24) is 29.9 Å². The normalized spacial score (nSPS) is 17.3. The third kappa shape index (κ3) is 7.57. The second-order valence-electron chi connectivity index (χ2n) is 14.3. The molecule has 2 aliphatic carbocycles. The zero-order valence-corrected chi connectivity index (χ0v) is 32.0. The minimum atomic E-state index is -3.82. The number of hydrogen-bond acceptors (Lipinski definition) is 8. The van der Waals surface area contributed by atoms with Crippen LogP contribution < -0.4 is 10.0 Å². The number of aromatic nitrogens is 5. The molecule has 0 unspecified atom stereocenters. The summed E-state index contributed by atoms with van der Waals surface area (Å²) in [6, 6.07) is 7.58. The Morgan fingerprint density at radius 3 is 2.37 bits per heavy atom. The number of carboxylic acids is 1.